The Morgan fingerprint density at radius 2 is 1.59 bits per heavy atom. The summed E-state index contributed by atoms with van der Waals surface area (Å²) in [6.45, 7) is 2.03. The lowest BCUT2D eigenvalue weighted by Gasteiger charge is -2.12. The zero-order valence-corrected chi connectivity index (χ0v) is 20.0. The molecule has 0 aliphatic heterocycles. The quantitative estimate of drug-likeness (QED) is 0.301. The van der Waals surface area contributed by atoms with Gasteiger partial charge in [0.25, 0.3) is 0 Å². The molecule has 0 aliphatic rings. The number of allylic oxidation sites excluding steroid dienone is 2. The molecule has 3 aromatic rings. The molecule has 1 amide bonds. The second-order valence-electron chi connectivity index (χ2n) is 8.06. The van der Waals surface area contributed by atoms with Gasteiger partial charge in [0.05, 0.1) is 14.2 Å². The van der Waals surface area contributed by atoms with Gasteiger partial charge in [0.15, 0.2) is 0 Å². The number of carbonyl (C=O) groups excluding carboxylic acids is 1. The molecule has 0 aliphatic carbocycles. The molecule has 1 N–H and O–H groups in total. The molecule has 0 bridgehead atoms. The molecule has 176 valence electrons. The van der Waals surface area contributed by atoms with Gasteiger partial charge in [0, 0.05) is 24.5 Å². The van der Waals surface area contributed by atoms with E-state index in [4.69, 9.17) is 9.47 Å². The summed E-state index contributed by atoms with van der Waals surface area (Å²) >= 11 is 0. The fraction of sp³-hybridized carbons (Fsp3) is 0.241. The molecule has 1 heterocycles. The first-order valence-corrected chi connectivity index (χ1v) is 11.5. The zero-order chi connectivity index (χ0) is 24.2. The molecule has 0 saturated carbocycles. The predicted octanol–water partition coefficient (Wildman–Crippen LogP) is 5.61. The fourth-order valence-corrected chi connectivity index (χ4v) is 3.65. The Morgan fingerprint density at radius 1 is 0.971 bits per heavy atom. The minimum absolute atomic E-state index is 0.0976. The van der Waals surface area contributed by atoms with Crippen LogP contribution >= 0.6 is 0 Å². The van der Waals surface area contributed by atoms with Crippen LogP contribution in [0.25, 0.3) is 5.57 Å². The number of carbonyl (C=O) groups is 1. The molecule has 0 fully saturated rings. The zero-order valence-electron chi connectivity index (χ0n) is 20.0. The summed E-state index contributed by atoms with van der Waals surface area (Å²) in [6.07, 6.45) is 11.9. The van der Waals surface area contributed by atoms with E-state index in [0.717, 1.165) is 47.5 Å². The van der Waals surface area contributed by atoms with Crippen LogP contribution in [0.15, 0.2) is 91.3 Å². The maximum absolute atomic E-state index is 12.4. The summed E-state index contributed by atoms with van der Waals surface area (Å²) in [5, 5.41) is 3.05. The molecule has 3 rings (SSSR count). The van der Waals surface area contributed by atoms with Crippen molar-refractivity contribution in [2.45, 2.75) is 32.2 Å². The van der Waals surface area contributed by atoms with Gasteiger partial charge in [-0.25, -0.2) is 0 Å². The number of hydrogen-bond acceptors (Lipinski definition) is 4. The number of methoxy groups -OCH3 is 2. The molecule has 0 saturated heterocycles. The number of nitrogens with zero attached hydrogens (tertiary/aromatic N) is 1. The average Bonchev–Trinajstić information content (AvgIpc) is 2.87. The lowest BCUT2D eigenvalue weighted by atomic mass is 9.97. The molecular weight excluding hydrogens is 424 g/mol. The van der Waals surface area contributed by atoms with Gasteiger partial charge in [-0.2, -0.15) is 0 Å². The highest BCUT2D eigenvalue weighted by atomic mass is 16.5. The number of pyridine rings is 1. The predicted molar refractivity (Wildman–Crippen MR) is 137 cm³/mol. The van der Waals surface area contributed by atoms with Crippen LogP contribution in [0.2, 0.25) is 0 Å². The third-order valence-corrected chi connectivity index (χ3v) is 5.53. The van der Waals surface area contributed by atoms with E-state index < -0.39 is 0 Å². The number of rotatable bonds is 11. The van der Waals surface area contributed by atoms with E-state index in [0.29, 0.717) is 0 Å². The molecule has 1 unspecified atom stereocenters. The number of benzene rings is 2. The Balaban J connectivity index is 1.64. The third kappa shape index (κ3) is 7.62. The molecular formula is C29H32N2O3. The van der Waals surface area contributed by atoms with Crippen LogP contribution in [-0.4, -0.2) is 31.2 Å². The summed E-state index contributed by atoms with van der Waals surface area (Å²) < 4.78 is 10.6. The van der Waals surface area contributed by atoms with Crippen LogP contribution in [0.3, 0.4) is 0 Å². The summed E-state index contributed by atoms with van der Waals surface area (Å²) in [7, 11) is 3.30. The summed E-state index contributed by atoms with van der Waals surface area (Å²) in [5.41, 5.74) is 4.27. The molecule has 0 radical (unpaired) electrons. The Kier molecular flexibility index (Phi) is 9.47. The second kappa shape index (κ2) is 13.0. The van der Waals surface area contributed by atoms with Crippen LogP contribution < -0.4 is 14.8 Å². The third-order valence-electron chi connectivity index (χ3n) is 5.53. The van der Waals surface area contributed by atoms with Crippen molar-refractivity contribution in [1.82, 2.24) is 10.3 Å². The largest absolute Gasteiger partial charge is 0.497 e. The summed E-state index contributed by atoms with van der Waals surface area (Å²) in [4.78, 5) is 16.6. The highest BCUT2D eigenvalue weighted by Gasteiger charge is 2.07. The van der Waals surface area contributed by atoms with Gasteiger partial charge >= 0.3 is 0 Å². The number of nitrogens with one attached hydrogen (secondary N) is 1. The highest BCUT2D eigenvalue weighted by molar-refractivity contribution is 5.89. The van der Waals surface area contributed by atoms with Gasteiger partial charge in [-0.3, -0.25) is 9.78 Å². The number of aryl methyl sites for hydroxylation is 1. The number of amides is 1. The Labute approximate surface area is 202 Å². The molecule has 1 aromatic heterocycles. The van der Waals surface area contributed by atoms with Gasteiger partial charge in [0.2, 0.25) is 5.91 Å². The van der Waals surface area contributed by atoms with E-state index in [1.54, 1.807) is 32.6 Å². The Bertz CT molecular complexity index is 1040. The maximum Gasteiger partial charge on any atom is 0.244 e. The Hall–Kier alpha value is -3.86. The number of aromatic nitrogens is 1. The smallest absolute Gasteiger partial charge is 0.244 e. The van der Waals surface area contributed by atoms with Gasteiger partial charge in [-0.15, -0.1) is 0 Å². The first-order valence-electron chi connectivity index (χ1n) is 11.5. The van der Waals surface area contributed by atoms with Crippen molar-refractivity contribution >= 4 is 11.5 Å². The van der Waals surface area contributed by atoms with Gasteiger partial charge in [-0.05, 0) is 78.8 Å². The molecule has 34 heavy (non-hydrogen) atoms. The summed E-state index contributed by atoms with van der Waals surface area (Å²) in [6, 6.07) is 19.9. The monoisotopic (exact) mass is 456 g/mol. The van der Waals surface area contributed by atoms with Crippen molar-refractivity contribution in [3.05, 3.63) is 108 Å². The van der Waals surface area contributed by atoms with E-state index >= 15 is 0 Å². The van der Waals surface area contributed by atoms with Crippen LogP contribution in [0.1, 0.15) is 36.5 Å². The first-order chi connectivity index (χ1) is 16.6. The van der Waals surface area contributed by atoms with E-state index in [2.05, 4.69) is 16.4 Å². The SMILES string of the molecule is COc1ccc(C(=CC=CC(=O)NC(C)CCCc2cccnc2)c2ccc(OC)cc2)cc1. The van der Waals surface area contributed by atoms with Crippen LogP contribution in [-0.2, 0) is 11.2 Å². The van der Waals surface area contributed by atoms with Gasteiger partial charge in [-0.1, -0.05) is 42.5 Å². The van der Waals surface area contributed by atoms with E-state index in [1.165, 1.54) is 5.56 Å². The second-order valence-corrected chi connectivity index (χ2v) is 8.06. The molecule has 1 atom stereocenters. The van der Waals surface area contributed by atoms with Crippen molar-refractivity contribution in [2.24, 2.45) is 0 Å². The normalized spacial score (nSPS) is 11.6. The highest BCUT2D eigenvalue weighted by Crippen LogP contribution is 2.27. The first kappa shape index (κ1) is 24.8. The lowest BCUT2D eigenvalue weighted by molar-refractivity contribution is -0.117. The van der Waals surface area contributed by atoms with Crippen molar-refractivity contribution in [3.8, 4) is 11.5 Å². The fourth-order valence-electron chi connectivity index (χ4n) is 3.65. The standard InChI is InChI=1S/C29H32N2O3/c1-22(7-4-8-23-9-6-20-30-21-23)31-29(32)11-5-10-28(24-12-16-26(33-2)17-13-24)25-14-18-27(34-3)19-15-25/h5-6,9-22H,4,7-8H2,1-3H3,(H,31,32). The van der Waals surface area contributed by atoms with Crippen molar-refractivity contribution in [2.75, 3.05) is 14.2 Å². The average molecular weight is 457 g/mol. The molecule has 0 spiro atoms. The maximum atomic E-state index is 12.4. The minimum atomic E-state index is -0.103. The van der Waals surface area contributed by atoms with Crippen LogP contribution in [0, 0.1) is 0 Å². The van der Waals surface area contributed by atoms with Crippen molar-refractivity contribution in [3.63, 3.8) is 0 Å². The van der Waals surface area contributed by atoms with E-state index in [-0.39, 0.29) is 11.9 Å². The minimum Gasteiger partial charge on any atom is -0.497 e. The van der Waals surface area contributed by atoms with Gasteiger partial charge < -0.3 is 14.8 Å². The lowest BCUT2D eigenvalue weighted by Crippen LogP contribution is -2.31. The van der Waals surface area contributed by atoms with Crippen LogP contribution in [0.5, 0.6) is 11.5 Å². The molecule has 5 heteroatoms. The molecule has 5 nitrogen and oxygen atoms in total. The van der Waals surface area contributed by atoms with E-state index in [1.807, 2.05) is 73.8 Å². The number of hydrogen-bond donors (Lipinski definition) is 1. The number of ether oxygens (including phenoxy) is 2. The summed E-state index contributed by atoms with van der Waals surface area (Å²) in [5.74, 6) is 1.49. The van der Waals surface area contributed by atoms with Crippen molar-refractivity contribution < 1.29 is 14.3 Å². The Morgan fingerprint density at radius 3 is 2.12 bits per heavy atom. The van der Waals surface area contributed by atoms with Gasteiger partial charge in [0.1, 0.15) is 11.5 Å². The topological polar surface area (TPSA) is 60.5 Å². The van der Waals surface area contributed by atoms with Crippen LogP contribution in [0.4, 0.5) is 0 Å². The van der Waals surface area contributed by atoms with Crippen molar-refractivity contribution in [1.29, 1.82) is 0 Å². The van der Waals surface area contributed by atoms with E-state index in [9.17, 15) is 4.79 Å². The molecule has 2 aromatic carbocycles.